The van der Waals surface area contributed by atoms with Gasteiger partial charge in [-0.15, -0.1) is 0 Å². The van der Waals surface area contributed by atoms with E-state index in [4.69, 9.17) is 5.11 Å². The van der Waals surface area contributed by atoms with Gasteiger partial charge >= 0.3 is 0 Å². The van der Waals surface area contributed by atoms with E-state index in [2.05, 4.69) is 19.9 Å². The molecule has 1 unspecified atom stereocenters. The van der Waals surface area contributed by atoms with E-state index in [0.29, 0.717) is 0 Å². The second-order valence-electron chi connectivity index (χ2n) is 3.80. The van der Waals surface area contributed by atoms with Gasteiger partial charge in [-0.05, 0) is 36.7 Å². The first-order valence-electron chi connectivity index (χ1n) is 4.52. The van der Waals surface area contributed by atoms with Gasteiger partial charge in [-0.25, -0.2) is 0 Å². The van der Waals surface area contributed by atoms with Gasteiger partial charge in [0.25, 0.3) is 0 Å². The lowest BCUT2D eigenvalue weighted by Gasteiger charge is -2.24. The first kappa shape index (κ1) is 8.79. The summed E-state index contributed by atoms with van der Waals surface area (Å²) in [7, 11) is 0. The van der Waals surface area contributed by atoms with E-state index in [1.165, 1.54) is 18.4 Å². The number of hydrogen-bond donors (Lipinski definition) is 1. The number of hydrogen-bond acceptors (Lipinski definition) is 1. The predicted molar refractivity (Wildman–Crippen MR) is 47.3 cm³/mol. The zero-order valence-electron chi connectivity index (χ0n) is 7.51. The lowest BCUT2D eigenvalue weighted by Crippen LogP contribution is -2.12. The zero-order valence-corrected chi connectivity index (χ0v) is 7.51. The topological polar surface area (TPSA) is 20.2 Å². The Morgan fingerprint density at radius 1 is 1.64 bits per heavy atom. The van der Waals surface area contributed by atoms with Gasteiger partial charge < -0.3 is 5.11 Å². The van der Waals surface area contributed by atoms with Crippen LogP contribution >= 0.6 is 0 Å². The Bertz CT molecular complexity index is 147. The fourth-order valence-electron chi connectivity index (χ4n) is 1.66. The largest absolute Gasteiger partial charge is 0.392 e. The van der Waals surface area contributed by atoms with Crippen LogP contribution in [-0.4, -0.2) is 11.7 Å². The summed E-state index contributed by atoms with van der Waals surface area (Å²) in [5.74, 6) is 1.65. The molecule has 0 aromatic carbocycles. The molecule has 1 nitrogen and oxygen atoms in total. The summed E-state index contributed by atoms with van der Waals surface area (Å²) in [6, 6.07) is 0. The number of aliphatic hydroxyl groups excluding tert-OH is 1. The highest BCUT2D eigenvalue weighted by molar-refractivity contribution is 5.06. The van der Waals surface area contributed by atoms with Gasteiger partial charge in [-0.1, -0.05) is 19.9 Å². The first-order valence-corrected chi connectivity index (χ1v) is 4.52. The molecule has 1 heteroatoms. The molecule has 0 radical (unpaired) electrons. The molecule has 1 aliphatic carbocycles. The fourth-order valence-corrected chi connectivity index (χ4v) is 1.66. The smallest absolute Gasteiger partial charge is 0.0641 e. The molecule has 11 heavy (non-hydrogen) atoms. The molecule has 1 rings (SSSR count). The highest BCUT2D eigenvalue weighted by atomic mass is 16.3. The normalized spacial score (nSPS) is 25.5. The van der Waals surface area contributed by atoms with Crippen LogP contribution in [0, 0.1) is 11.8 Å². The molecule has 0 bridgehead atoms. The van der Waals surface area contributed by atoms with Gasteiger partial charge in [0, 0.05) is 0 Å². The van der Waals surface area contributed by atoms with Crippen LogP contribution in [0.1, 0.15) is 33.1 Å². The SMILES string of the molecule is CC(C)C1CC=C(CO)CC1. The van der Waals surface area contributed by atoms with Crippen molar-refractivity contribution < 1.29 is 5.11 Å². The lowest BCUT2D eigenvalue weighted by molar-refractivity contribution is 0.299. The van der Waals surface area contributed by atoms with Crippen LogP contribution < -0.4 is 0 Å². The Morgan fingerprint density at radius 3 is 2.73 bits per heavy atom. The van der Waals surface area contributed by atoms with Crippen LogP contribution in [0.4, 0.5) is 0 Å². The van der Waals surface area contributed by atoms with E-state index in [9.17, 15) is 0 Å². The number of allylic oxidation sites excluding steroid dienone is 1. The molecule has 0 saturated heterocycles. The summed E-state index contributed by atoms with van der Waals surface area (Å²) in [6.07, 6.45) is 5.77. The average Bonchev–Trinajstić information content (AvgIpc) is 2.05. The summed E-state index contributed by atoms with van der Waals surface area (Å²) in [4.78, 5) is 0. The van der Waals surface area contributed by atoms with Crippen molar-refractivity contribution in [2.45, 2.75) is 33.1 Å². The third-order valence-corrected chi connectivity index (χ3v) is 2.69. The van der Waals surface area contributed by atoms with Crippen molar-refractivity contribution in [1.82, 2.24) is 0 Å². The van der Waals surface area contributed by atoms with Gasteiger partial charge in [0.05, 0.1) is 6.61 Å². The van der Waals surface area contributed by atoms with Crippen LogP contribution in [0.25, 0.3) is 0 Å². The van der Waals surface area contributed by atoms with Gasteiger partial charge in [0.15, 0.2) is 0 Å². The Kier molecular flexibility index (Phi) is 3.13. The Hall–Kier alpha value is -0.300. The van der Waals surface area contributed by atoms with Crippen LogP contribution in [0.15, 0.2) is 11.6 Å². The summed E-state index contributed by atoms with van der Waals surface area (Å²) in [6.45, 7) is 4.83. The standard InChI is InChI=1S/C10H18O/c1-8(2)10-5-3-9(7-11)4-6-10/h3,8,10-11H,4-7H2,1-2H3. The van der Waals surface area contributed by atoms with Crippen molar-refractivity contribution in [3.05, 3.63) is 11.6 Å². The van der Waals surface area contributed by atoms with Crippen LogP contribution in [-0.2, 0) is 0 Å². The van der Waals surface area contributed by atoms with Crippen molar-refractivity contribution in [3.8, 4) is 0 Å². The van der Waals surface area contributed by atoms with Gasteiger partial charge in [0.2, 0.25) is 0 Å². The maximum absolute atomic E-state index is 8.85. The van der Waals surface area contributed by atoms with Crippen molar-refractivity contribution >= 4 is 0 Å². The Balaban J connectivity index is 2.41. The van der Waals surface area contributed by atoms with E-state index < -0.39 is 0 Å². The molecule has 1 atom stereocenters. The maximum Gasteiger partial charge on any atom is 0.0641 e. The minimum atomic E-state index is 0.269. The van der Waals surface area contributed by atoms with Crippen LogP contribution in [0.3, 0.4) is 0 Å². The molecular weight excluding hydrogens is 136 g/mol. The maximum atomic E-state index is 8.85. The second kappa shape index (κ2) is 3.91. The molecular formula is C10H18O. The summed E-state index contributed by atoms with van der Waals surface area (Å²) >= 11 is 0. The molecule has 0 saturated carbocycles. The third kappa shape index (κ3) is 2.33. The lowest BCUT2D eigenvalue weighted by atomic mass is 9.82. The molecule has 0 amide bonds. The summed E-state index contributed by atoms with van der Waals surface area (Å²) in [5, 5.41) is 8.85. The number of aliphatic hydroxyl groups is 1. The minimum Gasteiger partial charge on any atom is -0.392 e. The van der Waals surface area contributed by atoms with E-state index in [1.807, 2.05) is 0 Å². The molecule has 64 valence electrons. The van der Waals surface area contributed by atoms with Crippen molar-refractivity contribution in [2.75, 3.05) is 6.61 Å². The van der Waals surface area contributed by atoms with Crippen molar-refractivity contribution in [3.63, 3.8) is 0 Å². The Morgan fingerprint density at radius 2 is 2.36 bits per heavy atom. The molecule has 0 spiro atoms. The molecule has 0 aromatic rings. The molecule has 0 aliphatic heterocycles. The fraction of sp³-hybridized carbons (Fsp3) is 0.800. The third-order valence-electron chi connectivity index (χ3n) is 2.69. The summed E-state index contributed by atoms with van der Waals surface area (Å²) in [5.41, 5.74) is 1.24. The van der Waals surface area contributed by atoms with Crippen molar-refractivity contribution in [1.29, 1.82) is 0 Å². The molecule has 0 heterocycles. The van der Waals surface area contributed by atoms with E-state index in [-0.39, 0.29) is 6.61 Å². The number of rotatable bonds is 2. The molecule has 0 fully saturated rings. The highest BCUT2D eigenvalue weighted by Crippen LogP contribution is 2.28. The van der Waals surface area contributed by atoms with Gasteiger partial charge in [0.1, 0.15) is 0 Å². The zero-order chi connectivity index (χ0) is 8.27. The predicted octanol–water partition coefficient (Wildman–Crippen LogP) is 2.36. The minimum absolute atomic E-state index is 0.269. The first-order chi connectivity index (χ1) is 5.24. The summed E-state index contributed by atoms with van der Waals surface area (Å²) < 4.78 is 0. The molecule has 1 N–H and O–H groups in total. The second-order valence-corrected chi connectivity index (χ2v) is 3.80. The van der Waals surface area contributed by atoms with Gasteiger partial charge in [-0.3, -0.25) is 0 Å². The average molecular weight is 154 g/mol. The van der Waals surface area contributed by atoms with Gasteiger partial charge in [-0.2, -0.15) is 0 Å². The van der Waals surface area contributed by atoms with E-state index >= 15 is 0 Å². The quantitative estimate of drug-likeness (QED) is 0.605. The Labute approximate surface area is 69.1 Å². The van der Waals surface area contributed by atoms with Crippen LogP contribution in [0.5, 0.6) is 0 Å². The molecule has 0 aromatic heterocycles. The van der Waals surface area contributed by atoms with Crippen molar-refractivity contribution in [2.24, 2.45) is 11.8 Å². The highest BCUT2D eigenvalue weighted by Gasteiger charge is 2.16. The molecule has 1 aliphatic rings. The van der Waals surface area contributed by atoms with Crippen LogP contribution in [0.2, 0.25) is 0 Å². The van der Waals surface area contributed by atoms with E-state index in [0.717, 1.165) is 18.3 Å². The monoisotopic (exact) mass is 154 g/mol. The van der Waals surface area contributed by atoms with E-state index in [1.54, 1.807) is 0 Å².